The highest BCUT2D eigenvalue weighted by atomic mass is 127. The number of carbonyl (C=O) groups is 1. The van der Waals surface area contributed by atoms with Crippen molar-refractivity contribution in [1.82, 2.24) is 0 Å². The van der Waals surface area contributed by atoms with Crippen LogP contribution in [0.15, 0.2) is 18.2 Å². The van der Waals surface area contributed by atoms with Gasteiger partial charge in [-0.15, -0.1) is 13.2 Å². The van der Waals surface area contributed by atoms with Gasteiger partial charge in [-0.1, -0.05) is 0 Å². The van der Waals surface area contributed by atoms with Gasteiger partial charge in [-0.3, -0.25) is 4.79 Å². The predicted molar refractivity (Wildman–Crippen MR) is 61.8 cm³/mol. The summed E-state index contributed by atoms with van der Waals surface area (Å²) < 4.78 is 40.8. The lowest BCUT2D eigenvalue weighted by Crippen LogP contribution is -2.18. The highest BCUT2D eigenvalue weighted by molar-refractivity contribution is 14.1. The fourth-order valence-corrected chi connectivity index (χ4v) is 1.76. The first kappa shape index (κ1) is 14.1. The molecular formula is C10H8F3IO3. The molecule has 0 aliphatic heterocycles. The minimum absolute atomic E-state index is 0.00239. The van der Waals surface area contributed by atoms with E-state index in [9.17, 15) is 18.0 Å². The number of ether oxygens (including phenoxy) is 1. The molecule has 0 aliphatic rings. The van der Waals surface area contributed by atoms with Crippen LogP contribution in [-0.2, 0) is 11.2 Å². The minimum Gasteiger partial charge on any atom is -0.481 e. The van der Waals surface area contributed by atoms with Gasteiger partial charge < -0.3 is 9.84 Å². The van der Waals surface area contributed by atoms with Gasteiger partial charge >= 0.3 is 12.3 Å². The largest absolute Gasteiger partial charge is 0.573 e. The summed E-state index contributed by atoms with van der Waals surface area (Å²) in [6.07, 6.45) is -5.02. The molecule has 0 fully saturated rings. The lowest BCUT2D eigenvalue weighted by Gasteiger charge is -2.13. The van der Waals surface area contributed by atoms with Crippen LogP contribution >= 0.6 is 22.6 Å². The number of carboxylic acid groups (broad SMARTS) is 1. The SMILES string of the molecule is O=C(O)CCc1cc(I)ccc1OC(F)(F)F. The number of aliphatic carboxylic acids is 1. The van der Waals surface area contributed by atoms with Gasteiger partial charge in [0.25, 0.3) is 0 Å². The maximum Gasteiger partial charge on any atom is 0.573 e. The zero-order valence-corrected chi connectivity index (χ0v) is 10.6. The zero-order valence-electron chi connectivity index (χ0n) is 8.42. The quantitative estimate of drug-likeness (QED) is 0.839. The van der Waals surface area contributed by atoms with Crippen molar-refractivity contribution in [3.8, 4) is 5.75 Å². The molecule has 0 aliphatic carbocycles. The van der Waals surface area contributed by atoms with E-state index >= 15 is 0 Å². The summed E-state index contributed by atoms with van der Waals surface area (Å²) in [7, 11) is 0. The van der Waals surface area contributed by atoms with Crippen molar-refractivity contribution in [1.29, 1.82) is 0 Å². The van der Waals surface area contributed by atoms with Crippen LogP contribution in [0.25, 0.3) is 0 Å². The van der Waals surface area contributed by atoms with Crippen LogP contribution in [0.1, 0.15) is 12.0 Å². The number of hydrogen-bond acceptors (Lipinski definition) is 2. The molecule has 0 spiro atoms. The maximum absolute atomic E-state index is 12.1. The summed E-state index contributed by atoms with van der Waals surface area (Å²) in [5.74, 6) is -1.42. The van der Waals surface area contributed by atoms with Crippen LogP contribution in [0, 0.1) is 3.57 Å². The summed E-state index contributed by atoms with van der Waals surface area (Å²) in [5.41, 5.74) is 0.233. The van der Waals surface area contributed by atoms with E-state index in [1.807, 2.05) is 22.6 Å². The first-order chi connectivity index (χ1) is 7.78. The van der Waals surface area contributed by atoms with Crippen molar-refractivity contribution in [2.45, 2.75) is 19.2 Å². The van der Waals surface area contributed by atoms with Crippen LogP contribution in [0.2, 0.25) is 0 Å². The molecule has 1 aromatic rings. The first-order valence-electron chi connectivity index (χ1n) is 4.54. The van der Waals surface area contributed by atoms with Gasteiger partial charge in [0.15, 0.2) is 0 Å². The van der Waals surface area contributed by atoms with Crippen LogP contribution < -0.4 is 4.74 Å². The van der Waals surface area contributed by atoms with Crippen molar-refractivity contribution >= 4 is 28.6 Å². The Bertz CT molecular complexity index is 418. The molecule has 0 unspecified atom stereocenters. The molecule has 0 bridgehead atoms. The number of aryl methyl sites for hydroxylation is 1. The van der Waals surface area contributed by atoms with Gasteiger partial charge in [-0.25, -0.2) is 0 Å². The van der Waals surface area contributed by atoms with E-state index in [-0.39, 0.29) is 24.2 Å². The molecule has 0 heterocycles. The molecule has 0 radical (unpaired) electrons. The summed E-state index contributed by atoms with van der Waals surface area (Å²) in [4.78, 5) is 10.4. The van der Waals surface area contributed by atoms with Crippen molar-refractivity contribution in [2.75, 3.05) is 0 Å². The van der Waals surface area contributed by atoms with E-state index in [0.717, 1.165) is 3.57 Å². The molecule has 1 N–H and O–H groups in total. The molecular weight excluding hydrogens is 352 g/mol. The average molecular weight is 360 g/mol. The average Bonchev–Trinajstić information content (AvgIpc) is 2.16. The topological polar surface area (TPSA) is 46.5 Å². The number of hydrogen-bond donors (Lipinski definition) is 1. The number of benzene rings is 1. The Hall–Kier alpha value is -0.990. The summed E-state index contributed by atoms with van der Waals surface area (Å²) in [6, 6.07) is 4.13. The smallest absolute Gasteiger partial charge is 0.481 e. The molecule has 0 atom stereocenters. The Morgan fingerprint density at radius 3 is 2.59 bits per heavy atom. The minimum atomic E-state index is -4.77. The van der Waals surface area contributed by atoms with Gasteiger partial charge in [0.05, 0.1) is 0 Å². The van der Waals surface area contributed by atoms with Crippen molar-refractivity contribution in [2.24, 2.45) is 0 Å². The molecule has 0 aromatic heterocycles. The third-order valence-electron chi connectivity index (χ3n) is 1.86. The van der Waals surface area contributed by atoms with Crippen LogP contribution in [0.4, 0.5) is 13.2 Å². The van der Waals surface area contributed by atoms with E-state index in [1.54, 1.807) is 0 Å². The van der Waals surface area contributed by atoms with Crippen molar-refractivity contribution < 1.29 is 27.8 Å². The fourth-order valence-electron chi connectivity index (χ4n) is 1.21. The normalized spacial score (nSPS) is 11.3. The number of carboxylic acids is 1. The molecule has 0 saturated carbocycles. The number of rotatable bonds is 4. The number of halogens is 4. The monoisotopic (exact) mass is 360 g/mol. The lowest BCUT2D eigenvalue weighted by atomic mass is 10.1. The Labute approximate surface area is 109 Å². The standard InChI is InChI=1S/C10H8F3IO3/c11-10(12,13)17-8-3-2-7(14)5-6(8)1-4-9(15)16/h2-3,5H,1,4H2,(H,15,16). The molecule has 94 valence electrons. The van der Waals surface area contributed by atoms with Gasteiger partial charge in [-0.05, 0) is 52.8 Å². The third kappa shape index (κ3) is 5.24. The fraction of sp³-hybridized carbons (Fsp3) is 0.300. The predicted octanol–water partition coefficient (Wildman–Crippen LogP) is 3.21. The Morgan fingerprint density at radius 2 is 2.06 bits per heavy atom. The van der Waals surface area contributed by atoms with Gasteiger partial charge in [0.2, 0.25) is 0 Å². The van der Waals surface area contributed by atoms with E-state index in [4.69, 9.17) is 5.11 Å². The molecule has 0 amide bonds. The molecule has 3 nitrogen and oxygen atoms in total. The third-order valence-corrected chi connectivity index (χ3v) is 2.53. The summed E-state index contributed by atoms with van der Waals surface area (Å²) >= 11 is 1.93. The lowest BCUT2D eigenvalue weighted by molar-refractivity contribution is -0.274. The second kappa shape index (κ2) is 5.56. The van der Waals surface area contributed by atoms with Crippen LogP contribution in [0.5, 0.6) is 5.75 Å². The second-order valence-corrected chi connectivity index (χ2v) is 4.44. The molecule has 7 heteroatoms. The number of alkyl halides is 3. The van der Waals surface area contributed by atoms with Crippen molar-refractivity contribution in [3.63, 3.8) is 0 Å². The first-order valence-corrected chi connectivity index (χ1v) is 5.62. The van der Waals surface area contributed by atoms with Gasteiger partial charge in [0, 0.05) is 9.99 Å². The molecule has 0 saturated heterocycles. The van der Waals surface area contributed by atoms with Crippen LogP contribution in [-0.4, -0.2) is 17.4 Å². The van der Waals surface area contributed by atoms with E-state index in [0.29, 0.717) is 0 Å². The second-order valence-electron chi connectivity index (χ2n) is 3.19. The van der Waals surface area contributed by atoms with Gasteiger partial charge in [-0.2, -0.15) is 0 Å². The van der Waals surface area contributed by atoms with Crippen molar-refractivity contribution in [3.05, 3.63) is 27.3 Å². The van der Waals surface area contributed by atoms with Gasteiger partial charge in [0.1, 0.15) is 5.75 Å². The van der Waals surface area contributed by atoms with E-state index < -0.39 is 12.3 Å². The Morgan fingerprint density at radius 1 is 1.41 bits per heavy atom. The van der Waals surface area contributed by atoms with E-state index in [1.165, 1.54) is 18.2 Å². The zero-order chi connectivity index (χ0) is 13.1. The van der Waals surface area contributed by atoms with E-state index in [2.05, 4.69) is 4.74 Å². The summed E-state index contributed by atoms with van der Waals surface area (Å²) in [6.45, 7) is 0. The highest BCUT2D eigenvalue weighted by Gasteiger charge is 2.32. The highest BCUT2D eigenvalue weighted by Crippen LogP contribution is 2.28. The van der Waals surface area contributed by atoms with Crippen LogP contribution in [0.3, 0.4) is 0 Å². The molecule has 1 rings (SSSR count). The maximum atomic E-state index is 12.1. The Balaban J connectivity index is 2.91. The molecule has 1 aromatic carbocycles. The Kier molecular flexibility index (Phi) is 4.61. The molecule has 17 heavy (non-hydrogen) atoms. The summed E-state index contributed by atoms with van der Waals surface area (Å²) in [5, 5.41) is 8.50.